The molecule has 8 nitrogen and oxygen atoms in total. The summed E-state index contributed by atoms with van der Waals surface area (Å²) in [6.07, 6.45) is 0. The van der Waals surface area contributed by atoms with Gasteiger partial charge in [-0.25, -0.2) is 4.79 Å². The van der Waals surface area contributed by atoms with Crippen molar-refractivity contribution >= 4 is 38.3 Å². The van der Waals surface area contributed by atoms with Crippen molar-refractivity contribution in [1.29, 1.82) is 0 Å². The number of carbonyl (C=O) groups excluding carboxylic acids is 1. The lowest BCUT2D eigenvalue weighted by Gasteiger charge is -2.33. The van der Waals surface area contributed by atoms with E-state index in [9.17, 15) is 20.1 Å². The average molecular weight is 586 g/mol. The Hall–Kier alpha value is -5.73. The number of carbonyl (C=O) groups is 1. The van der Waals surface area contributed by atoms with E-state index in [1.807, 2.05) is 30.3 Å². The number of hydrogen-bond acceptors (Lipinski definition) is 7. The van der Waals surface area contributed by atoms with E-state index >= 15 is 0 Å². The Balaban J connectivity index is 1.49. The quantitative estimate of drug-likeness (QED) is 0.147. The minimum atomic E-state index is -1.83. The van der Waals surface area contributed by atoms with Crippen LogP contribution in [0.5, 0.6) is 23.3 Å². The van der Waals surface area contributed by atoms with E-state index in [1.165, 1.54) is 31.4 Å². The van der Waals surface area contributed by atoms with Crippen LogP contribution in [0.1, 0.15) is 27.0 Å². The van der Waals surface area contributed by atoms with Gasteiger partial charge in [-0.05, 0) is 62.1 Å². The van der Waals surface area contributed by atoms with E-state index in [1.54, 1.807) is 37.4 Å². The molecule has 7 aromatic rings. The second kappa shape index (κ2) is 10.2. The van der Waals surface area contributed by atoms with Crippen molar-refractivity contribution in [2.45, 2.75) is 5.60 Å². The number of aromatic nitrogens is 1. The summed E-state index contributed by atoms with van der Waals surface area (Å²) < 4.78 is 11.8. The first-order chi connectivity index (χ1) is 21.3. The number of benzene rings is 6. The van der Waals surface area contributed by atoms with Crippen LogP contribution < -0.4 is 14.3 Å². The molecular formula is C36H27NO7. The number of hydrogen-bond donors (Lipinski definition) is 3. The summed E-state index contributed by atoms with van der Waals surface area (Å²) in [7, 11) is 3.07. The number of methoxy groups -OCH3 is 2. The lowest BCUT2D eigenvalue weighted by Crippen LogP contribution is -2.30. The number of aromatic hydroxyl groups is 2. The molecule has 0 saturated carbocycles. The van der Waals surface area contributed by atoms with E-state index in [2.05, 4.69) is 24.3 Å². The molecule has 0 amide bonds. The van der Waals surface area contributed by atoms with Crippen LogP contribution in [0.4, 0.5) is 0 Å². The van der Waals surface area contributed by atoms with Crippen LogP contribution in [0, 0.1) is 0 Å². The summed E-state index contributed by atoms with van der Waals surface area (Å²) in [5.74, 6) is -0.812. The third kappa shape index (κ3) is 4.07. The molecule has 1 atom stereocenters. The van der Waals surface area contributed by atoms with Crippen molar-refractivity contribution in [3.63, 3.8) is 0 Å². The summed E-state index contributed by atoms with van der Waals surface area (Å²) in [6.45, 7) is 0. The van der Waals surface area contributed by atoms with Crippen molar-refractivity contribution in [3.05, 3.63) is 131 Å². The van der Waals surface area contributed by atoms with Gasteiger partial charge in [-0.2, -0.15) is 0 Å². The van der Waals surface area contributed by atoms with E-state index in [4.69, 9.17) is 14.3 Å². The first-order valence-corrected chi connectivity index (χ1v) is 13.9. The predicted molar refractivity (Wildman–Crippen MR) is 167 cm³/mol. The standard InChI is InChI=1S/C36H27NO7/c1-42-26-13-16-29(30(20-26)43-2)36(41,25-8-4-7-24(19-25)35(40)44-37-31(38)17-18-32(37)39)28-15-12-23-10-9-21-5-3-6-22-11-14-27(28)34(23)33(21)22/h3-20,38-39,41H,1-2H3. The zero-order valence-corrected chi connectivity index (χ0v) is 23.8. The largest absolute Gasteiger partial charge is 0.497 e. The number of rotatable bonds is 7. The van der Waals surface area contributed by atoms with Gasteiger partial charge in [0, 0.05) is 29.3 Å². The fourth-order valence-corrected chi connectivity index (χ4v) is 6.11. The Morgan fingerprint density at radius 2 is 1.32 bits per heavy atom. The van der Waals surface area contributed by atoms with Crippen LogP contribution in [0.2, 0.25) is 0 Å². The fraction of sp³-hybridized carbons (Fsp3) is 0.0833. The van der Waals surface area contributed by atoms with E-state index in [0.717, 1.165) is 32.3 Å². The summed E-state index contributed by atoms with van der Waals surface area (Å²) in [5, 5.41) is 39.2. The van der Waals surface area contributed by atoms with E-state index in [0.29, 0.717) is 32.9 Å². The van der Waals surface area contributed by atoms with Crippen molar-refractivity contribution < 1.29 is 34.4 Å². The molecule has 1 aromatic heterocycles. The van der Waals surface area contributed by atoms with Gasteiger partial charge >= 0.3 is 5.97 Å². The Labute approximate surface area is 251 Å². The zero-order chi connectivity index (χ0) is 30.6. The molecule has 6 aromatic carbocycles. The Morgan fingerprint density at radius 1 is 0.682 bits per heavy atom. The molecule has 1 heterocycles. The molecule has 0 radical (unpaired) electrons. The van der Waals surface area contributed by atoms with Gasteiger partial charge in [0.2, 0.25) is 11.8 Å². The van der Waals surface area contributed by atoms with Gasteiger partial charge < -0.3 is 29.6 Å². The molecule has 0 fully saturated rings. The SMILES string of the molecule is COc1ccc(C(O)(c2cccc(C(=O)On3c(O)ccc3O)c2)c2ccc3ccc4cccc5ccc2c3c45)c(OC)c1. The van der Waals surface area contributed by atoms with Gasteiger partial charge in [0.1, 0.15) is 17.1 Å². The van der Waals surface area contributed by atoms with Crippen LogP contribution in [0.3, 0.4) is 0 Å². The number of nitrogens with zero attached hydrogens (tertiary/aromatic N) is 1. The number of ether oxygens (including phenoxy) is 2. The summed E-state index contributed by atoms with van der Waals surface area (Å²) in [6, 6.07) is 32.3. The molecule has 0 saturated heterocycles. The van der Waals surface area contributed by atoms with E-state index < -0.39 is 23.3 Å². The first-order valence-electron chi connectivity index (χ1n) is 13.9. The molecule has 3 N–H and O–H groups in total. The smallest absolute Gasteiger partial charge is 0.363 e. The fourth-order valence-electron chi connectivity index (χ4n) is 6.11. The van der Waals surface area contributed by atoms with Gasteiger partial charge in [0.05, 0.1) is 19.8 Å². The van der Waals surface area contributed by atoms with Crippen molar-refractivity contribution in [2.24, 2.45) is 0 Å². The van der Waals surface area contributed by atoms with Gasteiger partial charge in [0.25, 0.3) is 0 Å². The summed E-state index contributed by atoms with van der Waals surface area (Å²) >= 11 is 0. The molecule has 0 aliphatic rings. The molecular weight excluding hydrogens is 558 g/mol. The minimum absolute atomic E-state index is 0.0821. The highest BCUT2D eigenvalue weighted by Crippen LogP contribution is 2.47. The Morgan fingerprint density at radius 3 is 2.02 bits per heavy atom. The third-order valence-corrected chi connectivity index (χ3v) is 8.20. The maximum atomic E-state index is 13.2. The second-order valence-electron chi connectivity index (χ2n) is 10.5. The molecule has 0 aliphatic heterocycles. The van der Waals surface area contributed by atoms with Crippen LogP contribution in [-0.2, 0) is 5.60 Å². The molecule has 44 heavy (non-hydrogen) atoms. The van der Waals surface area contributed by atoms with Crippen molar-refractivity contribution in [2.75, 3.05) is 14.2 Å². The Kier molecular flexibility index (Phi) is 6.30. The summed E-state index contributed by atoms with van der Waals surface area (Å²) in [5.41, 5.74) is -0.362. The highest BCUT2D eigenvalue weighted by atomic mass is 16.7. The highest BCUT2D eigenvalue weighted by molar-refractivity contribution is 6.23. The lowest BCUT2D eigenvalue weighted by atomic mass is 9.76. The van der Waals surface area contributed by atoms with Gasteiger partial charge in [-0.1, -0.05) is 66.7 Å². The maximum absolute atomic E-state index is 13.2. The maximum Gasteiger partial charge on any atom is 0.363 e. The third-order valence-electron chi connectivity index (χ3n) is 8.20. The summed E-state index contributed by atoms with van der Waals surface area (Å²) in [4.78, 5) is 18.5. The molecule has 218 valence electrons. The molecule has 0 aliphatic carbocycles. The molecule has 1 unspecified atom stereocenters. The van der Waals surface area contributed by atoms with Crippen LogP contribution in [0.25, 0.3) is 32.3 Å². The van der Waals surface area contributed by atoms with Gasteiger partial charge in [-0.3, -0.25) is 0 Å². The molecule has 0 spiro atoms. The monoisotopic (exact) mass is 585 g/mol. The predicted octanol–water partition coefficient (Wildman–Crippen LogP) is 6.37. The highest BCUT2D eigenvalue weighted by Gasteiger charge is 2.39. The van der Waals surface area contributed by atoms with Crippen LogP contribution >= 0.6 is 0 Å². The van der Waals surface area contributed by atoms with Crippen molar-refractivity contribution in [3.8, 4) is 23.3 Å². The average Bonchev–Trinajstić information content (AvgIpc) is 3.38. The number of aliphatic hydroxyl groups is 1. The van der Waals surface area contributed by atoms with Crippen LogP contribution in [-0.4, -0.2) is 40.2 Å². The van der Waals surface area contributed by atoms with Gasteiger partial charge in [0.15, 0.2) is 0 Å². The minimum Gasteiger partial charge on any atom is -0.497 e. The van der Waals surface area contributed by atoms with E-state index in [-0.39, 0.29) is 5.56 Å². The molecule has 8 heteroatoms. The van der Waals surface area contributed by atoms with Gasteiger partial charge in [-0.15, -0.1) is 4.73 Å². The van der Waals surface area contributed by atoms with Crippen LogP contribution in [0.15, 0.2) is 109 Å². The lowest BCUT2D eigenvalue weighted by molar-refractivity contribution is 0.0381. The Bertz CT molecular complexity index is 2170. The van der Waals surface area contributed by atoms with Crippen molar-refractivity contribution in [1.82, 2.24) is 4.73 Å². The molecule has 0 bridgehead atoms. The first kappa shape index (κ1) is 27.1. The normalized spacial score (nSPS) is 12.9. The zero-order valence-electron chi connectivity index (χ0n) is 23.8. The molecule has 7 rings (SSSR count). The topological polar surface area (TPSA) is 110 Å². The second-order valence-corrected chi connectivity index (χ2v) is 10.5.